The minimum atomic E-state index is 0.0236. The van der Waals surface area contributed by atoms with Crippen LogP contribution in [-0.4, -0.2) is 67.1 Å². The van der Waals surface area contributed by atoms with E-state index >= 15 is 0 Å². The van der Waals surface area contributed by atoms with Gasteiger partial charge in [0.1, 0.15) is 11.4 Å². The van der Waals surface area contributed by atoms with E-state index in [1.807, 2.05) is 29.2 Å². The summed E-state index contributed by atoms with van der Waals surface area (Å²) < 4.78 is 5.17. The second kappa shape index (κ2) is 9.37. The Bertz CT molecular complexity index is 723. The predicted octanol–water partition coefficient (Wildman–Crippen LogP) is 2.52. The molecule has 27 heavy (non-hydrogen) atoms. The summed E-state index contributed by atoms with van der Waals surface area (Å²) in [5.74, 6) is 0.891. The molecule has 144 valence electrons. The van der Waals surface area contributed by atoms with Crippen LogP contribution < -0.4 is 10.1 Å². The lowest BCUT2D eigenvalue weighted by atomic mass is 10.1. The molecular formula is C21H28N4O2. The number of methoxy groups -OCH3 is 1. The van der Waals surface area contributed by atoms with E-state index in [9.17, 15) is 4.79 Å². The molecule has 1 amide bonds. The van der Waals surface area contributed by atoms with Gasteiger partial charge in [0, 0.05) is 32.7 Å². The monoisotopic (exact) mass is 368 g/mol. The lowest BCUT2D eigenvalue weighted by Gasteiger charge is -2.33. The molecule has 1 aliphatic heterocycles. The van der Waals surface area contributed by atoms with E-state index in [0.29, 0.717) is 5.69 Å². The molecular weight excluding hydrogens is 340 g/mol. The van der Waals surface area contributed by atoms with Crippen LogP contribution in [0.4, 0.5) is 5.69 Å². The highest BCUT2D eigenvalue weighted by Crippen LogP contribution is 2.13. The van der Waals surface area contributed by atoms with Gasteiger partial charge in [-0.2, -0.15) is 0 Å². The minimum Gasteiger partial charge on any atom is -0.497 e. The molecule has 0 atom stereocenters. The number of likely N-dealkylation sites (N-methyl/N-ethyl adjacent to an activating group) is 1. The predicted molar refractivity (Wildman–Crippen MR) is 107 cm³/mol. The van der Waals surface area contributed by atoms with Gasteiger partial charge in [-0.1, -0.05) is 19.1 Å². The molecule has 0 bridgehead atoms. The van der Waals surface area contributed by atoms with E-state index < -0.39 is 0 Å². The Morgan fingerprint density at radius 3 is 2.44 bits per heavy atom. The van der Waals surface area contributed by atoms with E-state index in [0.717, 1.165) is 57.1 Å². The van der Waals surface area contributed by atoms with E-state index in [2.05, 4.69) is 34.3 Å². The summed E-state index contributed by atoms with van der Waals surface area (Å²) in [4.78, 5) is 21.2. The lowest BCUT2D eigenvalue weighted by molar-refractivity contribution is 0.0637. The highest BCUT2D eigenvalue weighted by atomic mass is 16.5. The Labute approximate surface area is 161 Å². The molecule has 6 heteroatoms. The highest BCUT2D eigenvalue weighted by molar-refractivity contribution is 5.92. The molecule has 0 spiro atoms. The number of pyridine rings is 1. The first-order valence-electron chi connectivity index (χ1n) is 9.54. The Hall–Kier alpha value is -2.60. The molecule has 2 aromatic rings. The molecule has 0 aliphatic carbocycles. The van der Waals surface area contributed by atoms with Gasteiger partial charge < -0.3 is 19.9 Å². The third-order valence-electron chi connectivity index (χ3n) is 4.99. The van der Waals surface area contributed by atoms with E-state index in [-0.39, 0.29) is 5.91 Å². The zero-order chi connectivity index (χ0) is 19.1. The number of nitrogens with zero attached hydrogens (tertiary/aromatic N) is 3. The maximum absolute atomic E-state index is 12.6. The number of rotatable bonds is 7. The van der Waals surface area contributed by atoms with E-state index in [1.165, 1.54) is 5.56 Å². The molecule has 1 fully saturated rings. The molecule has 0 saturated carbocycles. The summed E-state index contributed by atoms with van der Waals surface area (Å²) in [7, 11) is 1.67. The van der Waals surface area contributed by atoms with Crippen LogP contribution in [0.15, 0.2) is 42.6 Å². The van der Waals surface area contributed by atoms with E-state index in [1.54, 1.807) is 13.3 Å². The average molecular weight is 368 g/mol. The van der Waals surface area contributed by atoms with Crippen molar-refractivity contribution in [3.63, 3.8) is 0 Å². The van der Waals surface area contributed by atoms with Crippen LogP contribution in [0.2, 0.25) is 0 Å². The normalized spacial score (nSPS) is 14.8. The van der Waals surface area contributed by atoms with Crippen LogP contribution >= 0.6 is 0 Å². The Morgan fingerprint density at radius 2 is 1.85 bits per heavy atom. The summed E-state index contributed by atoms with van der Waals surface area (Å²) in [6.07, 6.45) is 2.65. The first-order valence-corrected chi connectivity index (χ1v) is 9.54. The van der Waals surface area contributed by atoms with Crippen LogP contribution in [0.1, 0.15) is 23.0 Å². The van der Waals surface area contributed by atoms with Gasteiger partial charge in [-0.15, -0.1) is 0 Å². The molecule has 1 saturated heterocycles. The SMILES string of the molecule is CCN1CCN(C(=O)c2ccc(NCCc3ccc(OC)cc3)cn2)CC1. The molecule has 0 unspecified atom stereocenters. The van der Waals surface area contributed by atoms with Gasteiger partial charge in [-0.3, -0.25) is 4.79 Å². The fraction of sp³-hybridized carbons (Fsp3) is 0.429. The highest BCUT2D eigenvalue weighted by Gasteiger charge is 2.21. The number of piperazine rings is 1. The lowest BCUT2D eigenvalue weighted by Crippen LogP contribution is -2.48. The van der Waals surface area contributed by atoms with Crippen molar-refractivity contribution in [2.75, 3.05) is 51.7 Å². The largest absolute Gasteiger partial charge is 0.497 e. The standard InChI is InChI=1S/C21H28N4O2/c1-3-24-12-14-25(15-13-24)21(26)20-9-6-18(16-23-20)22-11-10-17-4-7-19(27-2)8-5-17/h4-9,16,22H,3,10-15H2,1-2H3. The molecule has 1 aliphatic rings. The molecule has 6 nitrogen and oxygen atoms in total. The zero-order valence-corrected chi connectivity index (χ0v) is 16.1. The number of aromatic nitrogens is 1. The summed E-state index contributed by atoms with van der Waals surface area (Å²) >= 11 is 0. The van der Waals surface area contributed by atoms with Crippen LogP contribution in [-0.2, 0) is 6.42 Å². The molecule has 1 N–H and O–H groups in total. The number of hydrogen-bond donors (Lipinski definition) is 1. The summed E-state index contributed by atoms with van der Waals surface area (Å²) in [5, 5.41) is 3.36. The van der Waals surface area contributed by atoms with Gasteiger partial charge in [-0.25, -0.2) is 4.98 Å². The van der Waals surface area contributed by atoms with Crippen LogP contribution in [0.3, 0.4) is 0 Å². The first kappa shape index (κ1) is 19.2. The average Bonchev–Trinajstić information content (AvgIpc) is 2.74. The fourth-order valence-corrected chi connectivity index (χ4v) is 3.20. The van der Waals surface area contributed by atoms with Crippen LogP contribution in [0, 0.1) is 0 Å². The Balaban J connectivity index is 1.47. The number of amides is 1. The summed E-state index contributed by atoms with van der Waals surface area (Å²) in [6, 6.07) is 11.8. The van der Waals surface area contributed by atoms with E-state index in [4.69, 9.17) is 4.74 Å². The maximum Gasteiger partial charge on any atom is 0.272 e. The minimum absolute atomic E-state index is 0.0236. The van der Waals surface area contributed by atoms with Crippen LogP contribution in [0.5, 0.6) is 5.75 Å². The molecule has 2 heterocycles. The molecule has 3 rings (SSSR count). The smallest absolute Gasteiger partial charge is 0.272 e. The van der Waals surface area contributed by atoms with Gasteiger partial charge >= 0.3 is 0 Å². The second-order valence-corrected chi connectivity index (χ2v) is 6.68. The number of carbonyl (C=O) groups is 1. The first-order chi connectivity index (χ1) is 13.2. The number of nitrogens with one attached hydrogen (secondary N) is 1. The molecule has 1 aromatic carbocycles. The Kier molecular flexibility index (Phi) is 6.65. The number of hydrogen-bond acceptors (Lipinski definition) is 5. The second-order valence-electron chi connectivity index (χ2n) is 6.68. The third-order valence-corrected chi connectivity index (χ3v) is 4.99. The van der Waals surface area contributed by atoms with Gasteiger partial charge in [0.2, 0.25) is 0 Å². The van der Waals surface area contributed by atoms with Crippen molar-refractivity contribution in [1.29, 1.82) is 0 Å². The van der Waals surface area contributed by atoms with Crippen molar-refractivity contribution >= 4 is 11.6 Å². The van der Waals surface area contributed by atoms with Gasteiger partial charge in [0.05, 0.1) is 19.0 Å². The molecule has 1 aromatic heterocycles. The molecule has 0 radical (unpaired) electrons. The summed E-state index contributed by atoms with van der Waals surface area (Å²) in [6.45, 7) is 7.42. The van der Waals surface area contributed by atoms with Crippen molar-refractivity contribution in [3.8, 4) is 5.75 Å². The van der Waals surface area contributed by atoms with Crippen molar-refractivity contribution in [2.45, 2.75) is 13.3 Å². The van der Waals surface area contributed by atoms with Crippen molar-refractivity contribution in [2.24, 2.45) is 0 Å². The number of anilines is 1. The van der Waals surface area contributed by atoms with Crippen molar-refractivity contribution in [1.82, 2.24) is 14.8 Å². The van der Waals surface area contributed by atoms with Gasteiger partial charge in [0.25, 0.3) is 5.91 Å². The zero-order valence-electron chi connectivity index (χ0n) is 16.1. The van der Waals surface area contributed by atoms with Gasteiger partial charge in [-0.05, 0) is 42.8 Å². The third kappa shape index (κ3) is 5.20. The number of carbonyl (C=O) groups excluding carboxylic acids is 1. The van der Waals surface area contributed by atoms with Gasteiger partial charge in [0.15, 0.2) is 0 Å². The van der Waals surface area contributed by atoms with Crippen molar-refractivity contribution < 1.29 is 9.53 Å². The quantitative estimate of drug-likeness (QED) is 0.814. The fourth-order valence-electron chi connectivity index (χ4n) is 3.20. The number of ether oxygens (including phenoxy) is 1. The number of benzene rings is 1. The summed E-state index contributed by atoms with van der Waals surface area (Å²) in [5.41, 5.74) is 2.69. The topological polar surface area (TPSA) is 57.7 Å². The maximum atomic E-state index is 12.6. The Morgan fingerprint density at radius 1 is 1.11 bits per heavy atom. The van der Waals surface area contributed by atoms with Crippen molar-refractivity contribution in [3.05, 3.63) is 53.9 Å². The van der Waals surface area contributed by atoms with Crippen LogP contribution in [0.25, 0.3) is 0 Å².